The molecule has 1 N–H and O–H groups in total. The molecule has 2 bridgehead atoms. The first-order valence-electron chi connectivity index (χ1n) is 11.9. The molecule has 1 aliphatic carbocycles. The van der Waals surface area contributed by atoms with Gasteiger partial charge in [-0.3, -0.25) is 14.4 Å². The van der Waals surface area contributed by atoms with Gasteiger partial charge in [-0.2, -0.15) is 0 Å². The van der Waals surface area contributed by atoms with Crippen molar-refractivity contribution in [1.82, 2.24) is 9.47 Å². The Kier molecular flexibility index (Phi) is 5.62. The molecule has 5 rings (SSSR count). The summed E-state index contributed by atoms with van der Waals surface area (Å²) < 4.78 is 1.94. The Morgan fingerprint density at radius 1 is 0.938 bits per heavy atom. The number of nitrogens with one attached hydrogen (secondary N) is 1. The van der Waals surface area contributed by atoms with E-state index in [4.69, 9.17) is 0 Å². The minimum Gasteiger partial charge on any atom is -0.341 e. The molecule has 6 nitrogen and oxygen atoms in total. The van der Waals surface area contributed by atoms with Crippen molar-refractivity contribution >= 4 is 17.5 Å². The number of anilines is 1. The number of likely N-dealkylation sites (tertiary alicyclic amines) is 1. The molecule has 1 aromatic heterocycles. The number of pyridine rings is 1. The lowest BCUT2D eigenvalue weighted by atomic mass is 9.81. The van der Waals surface area contributed by atoms with Crippen molar-refractivity contribution < 1.29 is 9.59 Å². The molecule has 3 aliphatic rings. The molecule has 168 valence electrons. The second kappa shape index (κ2) is 8.57. The van der Waals surface area contributed by atoms with Crippen LogP contribution in [0, 0.1) is 11.8 Å². The van der Waals surface area contributed by atoms with E-state index in [0.717, 1.165) is 49.3 Å². The molecule has 32 heavy (non-hydrogen) atoms. The van der Waals surface area contributed by atoms with Crippen molar-refractivity contribution in [3.8, 4) is 11.1 Å². The molecule has 2 fully saturated rings. The van der Waals surface area contributed by atoms with E-state index < -0.39 is 0 Å². The standard InChI is InChI=1S/C26H31N3O3/c1-17(30)27-22-9-7-19(8-10-22)23-11-12-24-21-13-18(15-29(24)26(23)32)14-28(16-21)25(31)20-5-3-2-4-6-20/h7-12,18,20-21H,2-6,13-16H2,1H3,(H,27,30)/t18-,21-/m1/s1. The molecule has 1 saturated heterocycles. The number of rotatable bonds is 3. The molecular weight excluding hydrogens is 402 g/mol. The molecule has 2 atom stereocenters. The molecule has 0 spiro atoms. The zero-order chi connectivity index (χ0) is 22.2. The van der Waals surface area contributed by atoms with E-state index in [1.54, 1.807) is 0 Å². The number of carbonyl (C=O) groups excluding carboxylic acids is 2. The lowest BCUT2D eigenvalue weighted by Gasteiger charge is -2.44. The second-order valence-corrected chi connectivity index (χ2v) is 9.72. The van der Waals surface area contributed by atoms with E-state index in [-0.39, 0.29) is 23.3 Å². The van der Waals surface area contributed by atoms with Crippen LogP contribution in [-0.4, -0.2) is 34.4 Å². The van der Waals surface area contributed by atoms with Crippen LogP contribution in [0.3, 0.4) is 0 Å². The maximum absolute atomic E-state index is 13.4. The molecule has 2 amide bonds. The number of amides is 2. The largest absolute Gasteiger partial charge is 0.341 e. The van der Waals surface area contributed by atoms with Crippen LogP contribution in [0.5, 0.6) is 0 Å². The summed E-state index contributed by atoms with van der Waals surface area (Å²) in [5.74, 6) is 0.996. The quantitative estimate of drug-likeness (QED) is 0.795. The van der Waals surface area contributed by atoms with Crippen LogP contribution in [0.25, 0.3) is 11.1 Å². The molecule has 2 aliphatic heterocycles. The van der Waals surface area contributed by atoms with Crippen molar-refractivity contribution in [3.63, 3.8) is 0 Å². The minimum atomic E-state index is -0.117. The van der Waals surface area contributed by atoms with Gasteiger partial charge in [0, 0.05) is 55.3 Å². The molecule has 2 aromatic rings. The summed E-state index contributed by atoms with van der Waals surface area (Å²) in [6, 6.07) is 11.4. The zero-order valence-electron chi connectivity index (χ0n) is 18.7. The fraction of sp³-hybridized carbons (Fsp3) is 0.500. The van der Waals surface area contributed by atoms with Crippen LogP contribution in [0.4, 0.5) is 5.69 Å². The van der Waals surface area contributed by atoms with Crippen LogP contribution < -0.4 is 10.9 Å². The smallest absolute Gasteiger partial charge is 0.258 e. The molecule has 6 heteroatoms. The van der Waals surface area contributed by atoms with Gasteiger partial charge in [-0.25, -0.2) is 0 Å². The topological polar surface area (TPSA) is 71.4 Å². The van der Waals surface area contributed by atoms with Gasteiger partial charge in [-0.05, 0) is 55.0 Å². The summed E-state index contributed by atoms with van der Waals surface area (Å²) in [5, 5.41) is 2.76. The molecule has 3 heterocycles. The average Bonchev–Trinajstić information content (AvgIpc) is 2.80. The first-order valence-corrected chi connectivity index (χ1v) is 11.9. The van der Waals surface area contributed by atoms with Gasteiger partial charge in [-0.15, -0.1) is 0 Å². The van der Waals surface area contributed by atoms with E-state index in [2.05, 4.69) is 16.3 Å². The van der Waals surface area contributed by atoms with Crippen molar-refractivity contribution in [1.29, 1.82) is 0 Å². The van der Waals surface area contributed by atoms with E-state index in [9.17, 15) is 14.4 Å². The summed E-state index contributed by atoms with van der Waals surface area (Å²) in [6.07, 6.45) is 6.71. The van der Waals surface area contributed by atoms with Crippen molar-refractivity contribution in [3.05, 3.63) is 52.4 Å². The fourth-order valence-electron chi connectivity index (χ4n) is 5.89. The molecule has 1 aromatic carbocycles. The highest BCUT2D eigenvalue weighted by molar-refractivity contribution is 5.89. The highest BCUT2D eigenvalue weighted by Gasteiger charge is 2.38. The van der Waals surface area contributed by atoms with Gasteiger partial charge in [0.05, 0.1) is 0 Å². The summed E-state index contributed by atoms with van der Waals surface area (Å²) in [4.78, 5) is 39.9. The first-order chi connectivity index (χ1) is 15.5. The van der Waals surface area contributed by atoms with E-state index in [1.807, 2.05) is 34.9 Å². The Bertz CT molecular complexity index is 1080. The predicted molar refractivity (Wildman–Crippen MR) is 124 cm³/mol. The first kappa shape index (κ1) is 21.0. The average molecular weight is 434 g/mol. The molecule has 0 unspecified atom stereocenters. The summed E-state index contributed by atoms with van der Waals surface area (Å²) in [5.41, 5.74) is 3.35. The van der Waals surface area contributed by atoms with Gasteiger partial charge in [0.2, 0.25) is 11.8 Å². The molecule has 1 saturated carbocycles. The van der Waals surface area contributed by atoms with Crippen LogP contribution in [0.2, 0.25) is 0 Å². The Morgan fingerprint density at radius 3 is 2.41 bits per heavy atom. The third-order valence-corrected chi connectivity index (χ3v) is 7.39. The van der Waals surface area contributed by atoms with Crippen LogP contribution in [0.1, 0.15) is 57.1 Å². The third kappa shape index (κ3) is 3.98. The molecular formula is C26H31N3O3. The molecule has 0 radical (unpaired) electrons. The number of benzene rings is 1. The number of aromatic nitrogens is 1. The lowest BCUT2D eigenvalue weighted by Crippen LogP contribution is -2.50. The Hall–Kier alpha value is -2.89. The fourth-order valence-corrected chi connectivity index (χ4v) is 5.89. The number of carbonyl (C=O) groups is 2. The minimum absolute atomic E-state index is 0.0385. The Balaban J connectivity index is 1.38. The lowest BCUT2D eigenvalue weighted by molar-refractivity contribution is -0.139. The number of nitrogens with zero attached hydrogens (tertiary/aromatic N) is 2. The predicted octanol–water partition coefficient (Wildman–Crippen LogP) is 4.00. The van der Waals surface area contributed by atoms with Crippen LogP contribution in [0.15, 0.2) is 41.2 Å². The summed E-state index contributed by atoms with van der Waals surface area (Å²) in [6.45, 7) is 3.66. The number of hydrogen-bond donors (Lipinski definition) is 1. The highest BCUT2D eigenvalue weighted by atomic mass is 16.2. The van der Waals surface area contributed by atoms with Gasteiger partial charge in [-0.1, -0.05) is 31.4 Å². The van der Waals surface area contributed by atoms with Gasteiger partial charge in [0.25, 0.3) is 5.56 Å². The SMILES string of the molecule is CC(=O)Nc1ccc(-c2ccc3n(c2=O)C[C@@H]2C[C@@H]3CN(C(=O)C3CCCCC3)C2)cc1. The summed E-state index contributed by atoms with van der Waals surface area (Å²) >= 11 is 0. The van der Waals surface area contributed by atoms with Crippen molar-refractivity contribution in [2.45, 2.75) is 57.9 Å². The number of fused-ring (bicyclic) bond motifs is 4. The third-order valence-electron chi connectivity index (χ3n) is 7.39. The number of hydrogen-bond acceptors (Lipinski definition) is 3. The summed E-state index contributed by atoms with van der Waals surface area (Å²) in [7, 11) is 0. The van der Waals surface area contributed by atoms with Gasteiger partial charge in [0.15, 0.2) is 0 Å². The van der Waals surface area contributed by atoms with Crippen molar-refractivity contribution in [2.24, 2.45) is 11.8 Å². The monoisotopic (exact) mass is 433 g/mol. The highest BCUT2D eigenvalue weighted by Crippen LogP contribution is 2.37. The van der Waals surface area contributed by atoms with E-state index in [1.165, 1.54) is 26.2 Å². The van der Waals surface area contributed by atoms with Gasteiger partial charge in [0.1, 0.15) is 0 Å². The van der Waals surface area contributed by atoms with Crippen LogP contribution >= 0.6 is 0 Å². The Morgan fingerprint density at radius 2 is 1.69 bits per heavy atom. The van der Waals surface area contributed by atoms with Gasteiger partial charge < -0.3 is 14.8 Å². The number of piperidine rings is 1. The Labute approximate surface area is 188 Å². The van der Waals surface area contributed by atoms with Crippen LogP contribution in [-0.2, 0) is 16.1 Å². The second-order valence-electron chi connectivity index (χ2n) is 9.72. The van der Waals surface area contributed by atoms with Crippen molar-refractivity contribution in [2.75, 3.05) is 18.4 Å². The maximum Gasteiger partial charge on any atom is 0.258 e. The zero-order valence-corrected chi connectivity index (χ0v) is 18.7. The van der Waals surface area contributed by atoms with E-state index >= 15 is 0 Å². The normalized spacial score (nSPS) is 22.8. The van der Waals surface area contributed by atoms with E-state index in [0.29, 0.717) is 23.9 Å². The maximum atomic E-state index is 13.4. The van der Waals surface area contributed by atoms with Gasteiger partial charge >= 0.3 is 0 Å².